The van der Waals surface area contributed by atoms with Crippen molar-refractivity contribution in [1.82, 2.24) is 0 Å². The Bertz CT molecular complexity index is 264. The Balaban J connectivity index is -0.000000325. The molecule has 0 amide bonds. The standard InChI is InChI=1S/C8H24O2Si3.C4H8O.CH5OPSi.CH4O/c1-11(2,3)9-13(7,8)10-12(4,5)6;1-2-4-5-3-1;1-3-4-2;1-2/h1-8H3;1-4H2;3-4H,1H3;2H,1H3. The van der Waals surface area contributed by atoms with Gasteiger partial charge in [0.2, 0.25) is 0 Å². The van der Waals surface area contributed by atoms with Gasteiger partial charge >= 0.3 is 8.56 Å². The molecule has 1 N–H and O–H groups in total. The zero-order valence-corrected chi connectivity index (χ0v) is 22.6. The predicted molar refractivity (Wildman–Crippen MR) is 117 cm³/mol. The normalized spacial score (nSPS) is 14.8. The SMILES string of the molecule is C1CCOC1.CO.CP[SiH]=O.C[Si](C)(C)O[Si](C)(C)O[Si](C)(C)C. The van der Waals surface area contributed by atoms with Gasteiger partial charge in [0.05, 0.1) is 0 Å². The van der Waals surface area contributed by atoms with Crippen molar-refractivity contribution in [3.8, 4) is 0 Å². The van der Waals surface area contributed by atoms with Gasteiger partial charge in [-0.05, 0) is 71.9 Å². The Morgan fingerprint density at radius 2 is 1.17 bits per heavy atom. The van der Waals surface area contributed by atoms with Crippen LogP contribution in [0.1, 0.15) is 12.8 Å². The van der Waals surface area contributed by atoms with Gasteiger partial charge in [-0.2, -0.15) is 0 Å². The molecule has 24 heavy (non-hydrogen) atoms. The molecule has 0 radical (unpaired) electrons. The van der Waals surface area contributed by atoms with Gasteiger partial charge in [0.15, 0.2) is 16.6 Å². The fraction of sp³-hybridized carbons (Fsp3) is 1.00. The van der Waals surface area contributed by atoms with Gasteiger partial charge in [-0.3, -0.25) is 0 Å². The van der Waals surface area contributed by atoms with E-state index in [-0.39, 0.29) is 0 Å². The highest BCUT2D eigenvalue weighted by atomic mass is 31.3. The third-order valence-electron chi connectivity index (χ3n) is 2.05. The predicted octanol–water partition coefficient (Wildman–Crippen LogP) is 3.79. The second-order valence-electron chi connectivity index (χ2n) is 7.55. The second-order valence-corrected chi connectivity index (χ2v) is 23.7. The summed E-state index contributed by atoms with van der Waals surface area (Å²) in [6.45, 7) is 21.6. The molecule has 148 valence electrons. The molecule has 10 heteroatoms. The molecular formula is C14H41O5PSi4. The Kier molecular flexibility index (Phi) is 20.0. The van der Waals surface area contributed by atoms with Crippen LogP contribution >= 0.6 is 8.13 Å². The lowest BCUT2D eigenvalue weighted by Gasteiger charge is -2.35. The third kappa shape index (κ3) is 30.8. The third-order valence-corrected chi connectivity index (χ3v) is 11.8. The Hall–Kier alpha value is 0.938. The molecule has 0 aromatic heterocycles. The van der Waals surface area contributed by atoms with E-state index in [0.29, 0.717) is 8.13 Å². The Morgan fingerprint density at radius 3 is 1.29 bits per heavy atom. The summed E-state index contributed by atoms with van der Waals surface area (Å²) in [7, 11) is -3.49. The zero-order valence-electron chi connectivity index (χ0n) is 17.5. The molecule has 1 aliphatic rings. The molecule has 1 rings (SSSR count). The molecule has 1 atom stereocenters. The summed E-state index contributed by atoms with van der Waals surface area (Å²) >= 11 is 0. The molecule has 0 spiro atoms. The van der Waals surface area contributed by atoms with Gasteiger partial charge in [-0.25, -0.2) is 0 Å². The van der Waals surface area contributed by atoms with Gasteiger partial charge in [0, 0.05) is 20.3 Å². The summed E-state index contributed by atoms with van der Waals surface area (Å²) in [6, 6.07) is 0. The lowest BCUT2D eigenvalue weighted by molar-refractivity contribution is 0.198. The largest absolute Gasteiger partial charge is 0.437 e. The van der Waals surface area contributed by atoms with Crippen molar-refractivity contribution >= 4 is 42.4 Å². The van der Waals surface area contributed by atoms with Gasteiger partial charge in [0.1, 0.15) is 0 Å². The maximum Gasteiger partial charge on any atom is 0.311 e. The molecule has 1 heterocycles. The van der Waals surface area contributed by atoms with Crippen LogP contribution in [0, 0.1) is 0 Å². The van der Waals surface area contributed by atoms with Crippen LogP contribution in [-0.4, -0.2) is 66.4 Å². The molecule has 5 nitrogen and oxygen atoms in total. The molecule has 0 aromatic carbocycles. The number of ether oxygens (including phenoxy) is 1. The smallest absolute Gasteiger partial charge is 0.311 e. The van der Waals surface area contributed by atoms with E-state index in [2.05, 4.69) is 52.4 Å². The monoisotopic (exact) mass is 432 g/mol. The molecule has 0 saturated carbocycles. The highest BCUT2D eigenvalue weighted by Crippen LogP contribution is 2.19. The topological polar surface area (TPSA) is 65.0 Å². The van der Waals surface area contributed by atoms with E-state index in [0.717, 1.165) is 20.3 Å². The Morgan fingerprint density at radius 1 is 0.875 bits per heavy atom. The molecule has 0 bridgehead atoms. The van der Waals surface area contributed by atoms with Gasteiger partial charge in [-0.1, -0.05) is 8.13 Å². The minimum Gasteiger partial charge on any atom is -0.437 e. The molecule has 1 fully saturated rings. The van der Waals surface area contributed by atoms with E-state index < -0.39 is 34.3 Å². The zero-order chi connectivity index (χ0) is 19.9. The van der Waals surface area contributed by atoms with E-state index >= 15 is 0 Å². The maximum atomic E-state index is 9.39. The van der Waals surface area contributed by atoms with Crippen LogP contribution in [0.5, 0.6) is 0 Å². The van der Waals surface area contributed by atoms with Gasteiger partial charge < -0.3 is 22.5 Å². The van der Waals surface area contributed by atoms with Crippen molar-refractivity contribution in [1.29, 1.82) is 0 Å². The van der Waals surface area contributed by atoms with Crippen molar-refractivity contribution in [3.63, 3.8) is 0 Å². The van der Waals surface area contributed by atoms with Crippen LogP contribution in [0.4, 0.5) is 0 Å². The van der Waals surface area contributed by atoms with Gasteiger partial charge in [-0.15, -0.1) is 0 Å². The average molecular weight is 433 g/mol. The summed E-state index contributed by atoms with van der Waals surface area (Å²) in [5, 5.41) is 7.00. The molecule has 0 aliphatic carbocycles. The highest BCUT2D eigenvalue weighted by Gasteiger charge is 2.35. The molecular weight excluding hydrogens is 391 g/mol. The lowest BCUT2D eigenvalue weighted by atomic mass is 10.4. The second kappa shape index (κ2) is 16.1. The van der Waals surface area contributed by atoms with E-state index in [1.54, 1.807) is 0 Å². The van der Waals surface area contributed by atoms with Crippen molar-refractivity contribution < 1.29 is 22.5 Å². The molecule has 0 aromatic rings. The summed E-state index contributed by atoms with van der Waals surface area (Å²) in [6.07, 6.45) is 2.56. The molecule has 1 aliphatic heterocycles. The van der Waals surface area contributed by atoms with E-state index in [1.165, 1.54) is 12.8 Å². The van der Waals surface area contributed by atoms with E-state index in [1.807, 2.05) is 6.66 Å². The number of rotatable bonds is 5. The number of aliphatic hydroxyl groups excluding tert-OH is 1. The first-order chi connectivity index (χ1) is 10.8. The minimum absolute atomic E-state index is 0.440. The number of hydrogen-bond donors (Lipinski definition) is 1. The Labute approximate surface area is 157 Å². The van der Waals surface area contributed by atoms with E-state index in [4.69, 9.17) is 18.1 Å². The van der Waals surface area contributed by atoms with Crippen molar-refractivity contribution in [2.24, 2.45) is 0 Å². The fourth-order valence-electron chi connectivity index (χ4n) is 2.01. The first-order valence-corrected chi connectivity index (χ1v) is 21.8. The lowest BCUT2D eigenvalue weighted by Crippen LogP contribution is -2.50. The van der Waals surface area contributed by atoms with Crippen LogP contribution in [0.25, 0.3) is 0 Å². The molecule has 1 unspecified atom stereocenters. The molecule has 1 saturated heterocycles. The quantitative estimate of drug-likeness (QED) is 0.529. The first-order valence-electron chi connectivity index (χ1n) is 8.37. The average Bonchev–Trinajstić information content (AvgIpc) is 2.94. The summed E-state index contributed by atoms with van der Waals surface area (Å²) in [5.74, 6) is 0. The fourth-order valence-corrected chi connectivity index (χ4v) is 14.3. The van der Waals surface area contributed by atoms with Gasteiger partial charge in [0.25, 0.3) is 9.07 Å². The minimum atomic E-state index is -1.85. The summed E-state index contributed by atoms with van der Waals surface area (Å²) < 4.78 is 26.5. The summed E-state index contributed by atoms with van der Waals surface area (Å²) in [4.78, 5) is 0. The number of hydrogen-bond acceptors (Lipinski definition) is 5. The van der Waals surface area contributed by atoms with Crippen LogP contribution in [0.15, 0.2) is 0 Å². The first kappa shape index (κ1) is 29.7. The van der Waals surface area contributed by atoms with Crippen LogP contribution < -0.4 is 0 Å². The summed E-state index contributed by atoms with van der Waals surface area (Å²) in [5.41, 5.74) is 0. The maximum absolute atomic E-state index is 9.39. The van der Waals surface area contributed by atoms with Crippen molar-refractivity contribution in [3.05, 3.63) is 0 Å². The number of aliphatic hydroxyl groups is 1. The van der Waals surface area contributed by atoms with Crippen molar-refractivity contribution in [2.45, 2.75) is 65.2 Å². The van der Waals surface area contributed by atoms with E-state index in [9.17, 15) is 4.46 Å². The van der Waals surface area contributed by atoms with Crippen molar-refractivity contribution in [2.75, 3.05) is 27.0 Å². The van der Waals surface area contributed by atoms with Crippen LogP contribution in [0.3, 0.4) is 0 Å². The highest BCUT2D eigenvalue weighted by molar-refractivity contribution is 7.67. The van der Waals surface area contributed by atoms with Crippen LogP contribution in [-0.2, 0) is 17.4 Å². The van der Waals surface area contributed by atoms with Crippen LogP contribution in [0.2, 0.25) is 52.4 Å².